The van der Waals surface area contributed by atoms with Gasteiger partial charge < -0.3 is 5.32 Å². The third-order valence-corrected chi connectivity index (χ3v) is 4.44. The Kier molecular flexibility index (Phi) is 7.03. The van der Waals surface area contributed by atoms with E-state index in [0.29, 0.717) is 22.3 Å². The van der Waals surface area contributed by atoms with Crippen LogP contribution in [-0.2, 0) is 9.59 Å². The highest BCUT2D eigenvalue weighted by Gasteiger charge is 2.21. The molecule has 0 saturated carbocycles. The SMILES string of the molecule is CCCCC(CN(O)C=O)C(=O)Nc1nc(-c2ccc(F)cc2)cs1. The number of anilines is 1. The standard InChI is InChI=1S/C17H20FN3O3S/c1-2-3-4-13(9-21(24)11-22)16(23)20-17-19-15(10-25-17)12-5-7-14(18)8-6-12/h5-8,10-11,13,24H,2-4,9H2,1H3,(H,19,20,23). The second kappa shape index (κ2) is 9.24. The minimum Gasteiger partial charge on any atom is -0.302 e. The van der Waals surface area contributed by atoms with Gasteiger partial charge in [-0.05, 0) is 30.7 Å². The Morgan fingerprint density at radius 3 is 2.80 bits per heavy atom. The smallest absolute Gasteiger partial charge is 0.233 e. The minimum absolute atomic E-state index is 0.0640. The van der Waals surface area contributed by atoms with E-state index in [2.05, 4.69) is 10.3 Å². The van der Waals surface area contributed by atoms with Crippen LogP contribution in [0.25, 0.3) is 11.3 Å². The summed E-state index contributed by atoms with van der Waals surface area (Å²) in [4.78, 5) is 27.3. The van der Waals surface area contributed by atoms with Crippen molar-refractivity contribution < 1.29 is 19.2 Å². The van der Waals surface area contributed by atoms with E-state index in [-0.39, 0.29) is 24.7 Å². The Balaban J connectivity index is 2.04. The van der Waals surface area contributed by atoms with Crippen LogP contribution in [0, 0.1) is 11.7 Å². The lowest BCUT2D eigenvalue weighted by Gasteiger charge is -2.18. The molecule has 0 aliphatic carbocycles. The summed E-state index contributed by atoms with van der Waals surface area (Å²) >= 11 is 1.26. The quantitative estimate of drug-likeness (QED) is 0.404. The van der Waals surface area contributed by atoms with Gasteiger partial charge in [-0.2, -0.15) is 0 Å². The summed E-state index contributed by atoms with van der Waals surface area (Å²) in [5, 5.41) is 14.7. The van der Waals surface area contributed by atoms with Crippen molar-refractivity contribution in [3.05, 3.63) is 35.5 Å². The molecule has 1 atom stereocenters. The molecule has 2 N–H and O–H groups in total. The Labute approximate surface area is 149 Å². The van der Waals surface area contributed by atoms with E-state index in [1.807, 2.05) is 6.92 Å². The number of amides is 2. The summed E-state index contributed by atoms with van der Waals surface area (Å²) < 4.78 is 13.0. The Morgan fingerprint density at radius 1 is 1.44 bits per heavy atom. The van der Waals surface area contributed by atoms with Crippen LogP contribution < -0.4 is 5.32 Å². The number of nitrogens with zero attached hydrogens (tertiary/aromatic N) is 2. The molecule has 8 heteroatoms. The van der Waals surface area contributed by atoms with E-state index in [1.165, 1.54) is 23.5 Å². The lowest BCUT2D eigenvalue weighted by atomic mass is 10.0. The molecule has 2 rings (SSSR count). The van der Waals surface area contributed by atoms with E-state index < -0.39 is 5.92 Å². The first kappa shape index (κ1) is 19.0. The van der Waals surface area contributed by atoms with Crippen molar-refractivity contribution in [1.82, 2.24) is 10.0 Å². The van der Waals surface area contributed by atoms with Crippen LogP contribution in [0.5, 0.6) is 0 Å². The highest BCUT2D eigenvalue weighted by atomic mass is 32.1. The van der Waals surface area contributed by atoms with Gasteiger partial charge in [0.2, 0.25) is 12.3 Å². The summed E-state index contributed by atoms with van der Waals surface area (Å²) in [6.45, 7) is 1.94. The first-order valence-corrected chi connectivity index (χ1v) is 8.84. The minimum atomic E-state index is -0.520. The number of aromatic nitrogens is 1. The normalized spacial score (nSPS) is 11.8. The predicted molar refractivity (Wildman–Crippen MR) is 93.7 cm³/mol. The molecular formula is C17H20FN3O3S. The molecule has 0 saturated heterocycles. The molecule has 1 aromatic carbocycles. The number of hydroxylamine groups is 2. The van der Waals surface area contributed by atoms with E-state index in [4.69, 9.17) is 0 Å². The van der Waals surface area contributed by atoms with Crippen molar-refractivity contribution in [2.75, 3.05) is 11.9 Å². The first-order chi connectivity index (χ1) is 12.0. The number of nitrogens with one attached hydrogen (secondary N) is 1. The highest BCUT2D eigenvalue weighted by molar-refractivity contribution is 7.14. The fourth-order valence-corrected chi connectivity index (χ4v) is 3.04. The van der Waals surface area contributed by atoms with E-state index in [0.717, 1.165) is 18.4 Å². The number of benzene rings is 1. The van der Waals surface area contributed by atoms with Gasteiger partial charge in [0.15, 0.2) is 5.13 Å². The second-order valence-electron chi connectivity index (χ2n) is 5.60. The van der Waals surface area contributed by atoms with Crippen LogP contribution in [0.4, 0.5) is 9.52 Å². The van der Waals surface area contributed by atoms with Crippen molar-refractivity contribution in [1.29, 1.82) is 0 Å². The van der Waals surface area contributed by atoms with E-state index >= 15 is 0 Å². The van der Waals surface area contributed by atoms with Gasteiger partial charge in [0, 0.05) is 10.9 Å². The topological polar surface area (TPSA) is 82.5 Å². The summed E-state index contributed by atoms with van der Waals surface area (Å²) in [6.07, 6.45) is 2.55. The maximum absolute atomic E-state index is 13.0. The lowest BCUT2D eigenvalue weighted by Crippen LogP contribution is -2.33. The van der Waals surface area contributed by atoms with Crippen molar-refractivity contribution in [2.45, 2.75) is 26.2 Å². The second-order valence-corrected chi connectivity index (χ2v) is 6.46. The van der Waals surface area contributed by atoms with Crippen LogP contribution in [0.3, 0.4) is 0 Å². The summed E-state index contributed by atoms with van der Waals surface area (Å²) in [5.41, 5.74) is 1.39. The molecule has 1 heterocycles. The molecule has 0 spiro atoms. The molecule has 6 nitrogen and oxygen atoms in total. The van der Waals surface area contributed by atoms with Crippen LogP contribution in [-0.4, -0.2) is 34.1 Å². The van der Waals surface area contributed by atoms with Crippen molar-refractivity contribution >= 4 is 28.8 Å². The maximum Gasteiger partial charge on any atom is 0.233 e. The number of hydrogen-bond acceptors (Lipinski definition) is 5. The van der Waals surface area contributed by atoms with Gasteiger partial charge in [-0.1, -0.05) is 19.8 Å². The molecular weight excluding hydrogens is 345 g/mol. The van der Waals surface area contributed by atoms with Gasteiger partial charge >= 0.3 is 0 Å². The summed E-state index contributed by atoms with van der Waals surface area (Å²) in [5.74, 6) is -1.14. The first-order valence-electron chi connectivity index (χ1n) is 7.96. The molecule has 1 aromatic heterocycles. The molecule has 25 heavy (non-hydrogen) atoms. The molecule has 1 unspecified atom stereocenters. The number of thiazole rings is 1. The van der Waals surface area contributed by atoms with E-state index in [1.54, 1.807) is 17.5 Å². The largest absolute Gasteiger partial charge is 0.302 e. The number of rotatable bonds is 9. The predicted octanol–water partition coefficient (Wildman–Crippen LogP) is 3.54. The van der Waals surface area contributed by atoms with Gasteiger partial charge in [-0.25, -0.2) is 14.4 Å². The zero-order valence-electron chi connectivity index (χ0n) is 13.8. The molecule has 0 fully saturated rings. The molecule has 0 aliphatic heterocycles. The number of carbonyl (C=O) groups is 2. The van der Waals surface area contributed by atoms with Crippen LogP contribution in [0.2, 0.25) is 0 Å². The average Bonchev–Trinajstić information content (AvgIpc) is 3.07. The molecule has 2 amide bonds. The average molecular weight is 365 g/mol. The Bertz CT molecular complexity index is 705. The summed E-state index contributed by atoms with van der Waals surface area (Å²) in [7, 11) is 0. The van der Waals surface area contributed by atoms with Gasteiger partial charge in [-0.3, -0.25) is 14.8 Å². The van der Waals surface area contributed by atoms with Gasteiger partial charge in [0.05, 0.1) is 18.2 Å². The van der Waals surface area contributed by atoms with E-state index in [9.17, 15) is 19.2 Å². The fourth-order valence-electron chi connectivity index (χ4n) is 2.32. The van der Waals surface area contributed by atoms with Gasteiger partial charge in [-0.15, -0.1) is 11.3 Å². The Morgan fingerprint density at radius 2 is 2.16 bits per heavy atom. The fraction of sp³-hybridized carbons (Fsp3) is 0.353. The highest BCUT2D eigenvalue weighted by Crippen LogP contribution is 2.25. The van der Waals surface area contributed by atoms with Crippen LogP contribution in [0.1, 0.15) is 26.2 Å². The third-order valence-electron chi connectivity index (χ3n) is 3.68. The number of unbranched alkanes of at least 4 members (excludes halogenated alkanes) is 1. The molecule has 2 aromatic rings. The molecule has 134 valence electrons. The monoisotopic (exact) mass is 365 g/mol. The van der Waals surface area contributed by atoms with Crippen LogP contribution in [0.15, 0.2) is 29.6 Å². The number of hydrogen-bond donors (Lipinski definition) is 2. The van der Waals surface area contributed by atoms with Crippen molar-refractivity contribution in [2.24, 2.45) is 5.92 Å². The lowest BCUT2D eigenvalue weighted by molar-refractivity contribution is -0.153. The third kappa shape index (κ3) is 5.61. The van der Waals surface area contributed by atoms with Gasteiger partial charge in [0.1, 0.15) is 5.82 Å². The summed E-state index contributed by atoms with van der Waals surface area (Å²) in [6, 6.07) is 5.94. The molecule has 0 radical (unpaired) electrons. The molecule has 0 aliphatic rings. The Hall–Kier alpha value is -2.32. The molecule has 0 bridgehead atoms. The van der Waals surface area contributed by atoms with Crippen LogP contribution >= 0.6 is 11.3 Å². The zero-order valence-corrected chi connectivity index (χ0v) is 14.6. The van der Waals surface area contributed by atoms with Gasteiger partial charge in [0.25, 0.3) is 0 Å². The number of carbonyl (C=O) groups excluding carboxylic acids is 2. The van der Waals surface area contributed by atoms with Crippen molar-refractivity contribution in [3.63, 3.8) is 0 Å². The maximum atomic E-state index is 13.0. The zero-order chi connectivity index (χ0) is 18.2. The number of halogens is 1. The van der Waals surface area contributed by atoms with Crippen molar-refractivity contribution in [3.8, 4) is 11.3 Å².